The fourth-order valence-corrected chi connectivity index (χ4v) is 4.00. The van der Waals surface area contributed by atoms with E-state index in [1.807, 2.05) is 29.2 Å². The highest BCUT2D eigenvalue weighted by Crippen LogP contribution is 2.30. The molecule has 3 heterocycles. The normalized spacial score (nSPS) is 15.1. The summed E-state index contributed by atoms with van der Waals surface area (Å²) in [6.07, 6.45) is 5.25. The molecule has 0 radical (unpaired) electrons. The van der Waals surface area contributed by atoms with Crippen molar-refractivity contribution in [3.8, 4) is 11.5 Å². The molecule has 0 aliphatic carbocycles. The molecule has 6 heteroatoms. The standard InChI is InChI=1S/C23H21N3O3/c27-21(14-18-6-3-5-16-4-1-2-7-20(16)18)26-11-8-17(9-12-26)22-24-25-23(29-22)19-10-13-28-15-19/h1-7,10,13,15,17H,8-9,11-12,14H2. The fraction of sp³-hybridized carbons (Fsp3) is 0.261. The van der Waals surface area contributed by atoms with E-state index in [4.69, 9.17) is 8.83 Å². The van der Waals surface area contributed by atoms with Gasteiger partial charge in [-0.05, 0) is 35.2 Å². The minimum Gasteiger partial charge on any atom is -0.472 e. The molecule has 146 valence electrons. The topological polar surface area (TPSA) is 72.4 Å². The van der Waals surface area contributed by atoms with Crippen molar-refractivity contribution in [2.75, 3.05) is 13.1 Å². The number of carbonyl (C=O) groups is 1. The zero-order valence-electron chi connectivity index (χ0n) is 16.0. The molecule has 0 spiro atoms. The van der Waals surface area contributed by atoms with Crippen molar-refractivity contribution in [3.05, 3.63) is 72.5 Å². The molecule has 6 nitrogen and oxygen atoms in total. The summed E-state index contributed by atoms with van der Waals surface area (Å²) < 4.78 is 10.9. The molecule has 4 aromatic rings. The monoisotopic (exact) mass is 387 g/mol. The summed E-state index contributed by atoms with van der Waals surface area (Å²) in [7, 11) is 0. The van der Waals surface area contributed by atoms with Crippen LogP contribution in [0.15, 0.2) is 69.9 Å². The van der Waals surface area contributed by atoms with Crippen LogP contribution in [0.1, 0.15) is 30.2 Å². The van der Waals surface area contributed by atoms with E-state index in [0.29, 0.717) is 31.3 Å². The van der Waals surface area contributed by atoms with E-state index in [1.165, 1.54) is 5.39 Å². The summed E-state index contributed by atoms with van der Waals surface area (Å²) >= 11 is 0. The number of likely N-dealkylation sites (tertiary alicyclic amines) is 1. The largest absolute Gasteiger partial charge is 0.472 e. The molecule has 1 amide bonds. The maximum atomic E-state index is 12.9. The van der Waals surface area contributed by atoms with Gasteiger partial charge in [0.25, 0.3) is 5.89 Å². The quantitative estimate of drug-likeness (QED) is 0.518. The van der Waals surface area contributed by atoms with Crippen molar-refractivity contribution >= 4 is 16.7 Å². The lowest BCUT2D eigenvalue weighted by Gasteiger charge is -2.30. The molecule has 1 saturated heterocycles. The Hall–Kier alpha value is -3.41. The van der Waals surface area contributed by atoms with Gasteiger partial charge in [-0.25, -0.2) is 0 Å². The molecule has 1 fully saturated rings. The number of aromatic nitrogens is 2. The SMILES string of the molecule is O=C(Cc1cccc2ccccc12)N1CCC(c2nnc(-c3ccoc3)o2)CC1. The average Bonchev–Trinajstić information content (AvgIpc) is 3.46. The zero-order valence-corrected chi connectivity index (χ0v) is 16.0. The minimum atomic E-state index is 0.171. The Morgan fingerprint density at radius 1 is 1.03 bits per heavy atom. The smallest absolute Gasteiger partial charge is 0.250 e. The van der Waals surface area contributed by atoms with Crippen LogP contribution in [0.25, 0.3) is 22.2 Å². The van der Waals surface area contributed by atoms with Gasteiger partial charge < -0.3 is 13.7 Å². The molecule has 0 saturated carbocycles. The summed E-state index contributed by atoms with van der Waals surface area (Å²) in [6.45, 7) is 1.41. The van der Waals surface area contributed by atoms with Crippen molar-refractivity contribution in [1.82, 2.24) is 15.1 Å². The van der Waals surface area contributed by atoms with Crippen LogP contribution in [0.3, 0.4) is 0 Å². The molecule has 0 N–H and O–H groups in total. The Kier molecular flexibility index (Phi) is 4.60. The van der Waals surface area contributed by atoms with E-state index >= 15 is 0 Å². The van der Waals surface area contributed by atoms with E-state index in [-0.39, 0.29) is 11.8 Å². The average molecular weight is 387 g/mol. The van der Waals surface area contributed by atoms with E-state index in [2.05, 4.69) is 28.4 Å². The van der Waals surface area contributed by atoms with Crippen LogP contribution in [0.5, 0.6) is 0 Å². The summed E-state index contributed by atoms with van der Waals surface area (Å²) in [4.78, 5) is 14.8. The Labute approximate surface area is 168 Å². The molecular weight excluding hydrogens is 366 g/mol. The van der Waals surface area contributed by atoms with E-state index in [1.54, 1.807) is 18.6 Å². The van der Waals surface area contributed by atoms with Gasteiger partial charge in [-0.2, -0.15) is 0 Å². The molecule has 29 heavy (non-hydrogen) atoms. The lowest BCUT2D eigenvalue weighted by atomic mass is 9.96. The van der Waals surface area contributed by atoms with Gasteiger partial charge in [0.1, 0.15) is 6.26 Å². The number of hydrogen-bond donors (Lipinski definition) is 0. The summed E-state index contributed by atoms with van der Waals surface area (Å²) in [6, 6.07) is 16.1. The third kappa shape index (κ3) is 3.53. The van der Waals surface area contributed by atoms with Gasteiger partial charge in [0, 0.05) is 19.0 Å². The van der Waals surface area contributed by atoms with Crippen molar-refractivity contribution in [2.45, 2.75) is 25.2 Å². The third-order valence-corrected chi connectivity index (χ3v) is 5.63. The number of furan rings is 1. The van der Waals surface area contributed by atoms with E-state index in [0.717, 1.165) is 29.4 Å². The third-order valence-electron chi connectivity index (χ3n) is 5.63. The number of piperidine rings is 1. The second-order valence-corrected chi connectivity index (χ2v) is 7.43. The number of fused-ring (bicyclic) bond motifs is 1. The van der Waals surface area contributed by atoms with Crippen molar-refractivity contribution in [1.29, 1.82) is 0 Å². The van der Waals surface area contributed by atoms with E-state index in [9.17, 15) is 4.79 Å². The fourth-order valence-electron chi connectivity index (χ4n) is 4.00. The molecule has 2 aromatic heterocycles. The molecule has 1 aliphatic heterocycles. The first kappa shape index (κ1) is 17.7. The highest BCUT2D eigenvalue weighted by Gasteiger charge is 2.27. The Bertz CT molecular complexity index is 1120. The van der Waals surface area contributed by atoms with Gasteiger partial charge in [0.05, 0.1) is 18.2 Å². The second kappa shape index (κ2) is 7.54. The van der Waals surface area contributed by atoms with Crippen LogP contribution in [0.2, 0.25) is 0 Å². The van der Waals surface area contributed by atoms with Gasteiger partial charge in [0.15, 0.2) is 0 Å². The molecule has 2 aromatic carbocycles. The van der Waals surface area contributed by atoms with Crippen molar-refractivity contribution < 1.29 is 13.6 Å². The van der Waals surface area contributed by atoms with Crippen LogP contribution < -0.4 is 0 Å². The number of amides is 1. The highest BCUT2D eigenvalue weighted by atomic mass is 16.4. The van der Waals surface area contributed by atoms with Gasteiger partial charge in [-0.1, -0.05) is 42.5 Å². The van der Waals surface area contributed by atoms with E-state index < -0.39 is 0 Å². The lowest BCUT2D eigenvalue weighted by Crippen LogP contribution is -2.38. The van der Waals surface area contributed by atoms with Gasteiger partial charge in [-0.3, -0.25) is 4.79 Å². The Morgan fingerprint density at radius 3 is 2.69 bits per heavy atom. The number of carbonyl (C=O) groups excluding carboxylic acids is 1. The van der Waals surface area contributed by atoms with Crippen LogP contribution in [-0.2, 0) is 11.2 Å². The first-order chi connectivity index (χ1) is 14.3. The van der Waals surface area contributed by atoms with Crippen molar-refractivity contribution in [3.63, 3.8) is 0 Å². The lowest BCUT2D eigenvalue weighted by molar-refractivity contribution is -0.131. The number of nitrogens with zero attached hydrogens (tertiary/aromatic N) is 3. The molecular formula is C23H21N3O3. The number of benzene rings is 2. The van der Waals surface area contributed by atoms with Crippen LogP contribution in [0, 0.1) is 0 Å². The predicted octanol–water partition coefficient (Wildman–Crippen LogP) is 4.43. The number of rotatable bonds is 4. The molecule has 0 atom stereocenters. The first-order valence-electron chi connectivity index (χ1n) is 9.88. The van der Waals surface area contributed by atoms with Gasteiger partial charge in [0.2, 0.25) is 11.8 Å². The zero-order chi connectivity index (χ0) is 19.6. The van der Waals surface area contributed by atoms with Crippen LogP contribution in [0.4, 0.5) is 0 Å². The summed E-state index contributed by atoms with van der Waals surface area (Å²) in [5.41, 5.74) is 1.86. The highest BCUT2D eigenvalue weighted by molar-refractivity contribution is 5.90. The van der Waals surface area contributed by atoms with Crippen LogP contribution in [-0.4, -0.2) is 34.1 Å². The molecule has 0 bridgehead atoms. The van der Waals surface area contributed by atoms with Gasteiger partial charge >= 0.3 is 0 Å². The minimum absolute atomic E-state index is 0.171. The summed E-state index contributed by atoms with van der Waals surface area (Å²) in [5.74, 6) is 1.47. The number of hydrogen-bond acceptors (Lipinski definition) is 5. The molecule has 1 aliphatic rings. The molecule has 0 unspecified atom stereocenters. The maximum Gasteiger partial charge on any atom is 0.250 e. The predicted molar refractivity (Wildman–Crippen MR) is 108 cm³/mol. The van der Waals surface area contributed by atoms with Crippen molar-refractivity contribution in [2.24, 2.45) is 0 Å². The first-order valence-corrected chi connectivity index (χ1v) is 9.88. The Morgan fingerprint density at radius 2 is 1.86 bits per heavy atom. The van der Waals surface area contributed by atoms with Gasteiger partial charge in [-0.15, -0.1) is 10.2 Å². The second-order valence-electron chi connectivity index (χ2n) is 7.43. The molecule has 5 rings (SSSR count). The summed E-state index contributed by atoms with van der Waals surface area (Å²) in [5, 5.41) is 10.6. The Balaban J connectivity index is 1.23. The van der Waals surface area contributed by atoms with Crippen LogP contribution >= 0.6 is 0 Å². The maximum absolute atomic E-state index is 12.9.